The lowest BCUT2D eigenvalue weighted by Crippen LogP contribution is -2.47. The van der Waals surface area contributed by atoms with Crippen molar-refractivity contribution in [1.29, 1.82) is 0 Å². The first kappa shape index (κ1) is 18.3. The van der Waals surface area contributed by atoms with Crippen molar-refractivity contribution in [2.45, 2.75) is 24.9 Å². The number of morpholine rings is 1. The highest BCUT2D eigenvalue weighted by atomic mass is 16.5. The number of ether oxygens (including phenoxy) is 1. The van der Waals surface area contributed by atoms with Crippen LogP contribution in [0.25, 0.3) is 0 Å². The standard InChI is InChI=1S/C20H28N6O/c1-3-17(15-21-6-1)19(25-11-13-27-14-12-25)16-24-18-4-9-26(10-5-18)20-22-7-2-8-23-20/h1-3,6-8,15,18-19,24H,4-5,9-14,16H2/t19-/m1/s1. The molecule has 1 N–H and O–H groups in total. The molecule has 7 heteroatoms. The van der Waals surface area contributed by atoms with Crippen LogP contribution in [-0.2, 0) is 4.74 Å². The number of piperidine rings is 1. The molecule has 0 unspecified atom stereocenters. The highest BCUT2D eigenvalue weighted by Crippen LogP contribution is 2.22. The van der Waals surface area contributed by atoms with Gasteiger partial charge in [-0.05, 0) is 30.5 Å². The molecule has 2 fully saturated rings. The summed E-state index contributed by atoms with van der Waals surface area (Å²) in [7, 11) is 0. The number of anilines is 1. The summed E-state index contributed by atoms with van der Waals surface area (Å²) in [4.78, 5) is 17.9. The summed E-state index contributed by atoms with van der Waals surface area (Å²) in [6.07, 6.45) is 9.69. The molecule has 0 aliphatic carbocycles. The average Bonchev–Trinajstić information content (AvgIpc) is 2.76. The van der Waals surface area contributed by atoms with Crippen LogP contribution in [0.15, 0.2) is 43.0 Å². The van der Waals surface area contributed by atoms with E-state index >= 15 is 0 Å². The van der Waals surface area contributed by atoms with Gasteiger partial charge in [0.25, 0.3) is 0 Å². The van der Waals surface area contributed by atoms with Crippen LogP contribution in [0.1, 0.15) is 24.4 Å². The normalized spacial score (nSPS) is 20.5. The predicted molar refractivity (Wildman–Crippen MR) is 105 cm³/mol. The van der Waals surface area contributed by atoms with Gasteiger partial charge in [0.2, 0.25) is 5.95 Å². The number of nitrogens with one attached hydrogen (secondary N) is 1. The lowest BCUT2D eigenvalue weighted by molar-refractivity contribution is 0.0154. The molecule has 2 aliphatic heterocycles. The van der Waals surface area contributed by atoms with E-state index in [1.807, 2.05) is 36.9 Å². The van der Waals surface area contributed by atoms with Gasteiger partial charge < -0.3 is 15.0 Å². The number of nitrogens with zero attached hydrogens (tertiary/aromatic N) is 5. The van der Waals surface area contributed by atoms with E-state index in [-0.39, 0.29) is 0 Å². The van der Waals surface area contributed by atoms with Gasteiger partial charge in [0.1, 0.15) is 0 Å². The van der Waals surface area contributed by atoms with E-state index < -0.39 is 0 Å². The SMILES string of the molecule is c1cnc(N2CCC(NC[C@H](c3cccnc3)N3CCOCC3)CC2)nc1. The maximum absolute atomic E-state index is 5.54. The summed E-state index contributed by atoms with van der Waals surface area (Å²) < 4.78 is 5.54. The first-order valence-corrected chi connectivity index (χ1v) is 9.87. The number of hydrogen-bond acceptors (Lipinski definition) is 7. The quantitative estimate of drug-likeness (QED) is 0.829. The minimum Gasteiger partial charge on any atom is -0.379 e. The molecule has 2 aliphatic rings. The second kappa shape index (κ2) is 9.21. The third kappa shape index (κ3) is 4.80. The van der Waals surface area contributed by atoms with Crippen LogP contribution < -0.4 is 10.2 Å². The summed E-state index contributed by atoms with van der Waals surface area (Å²) in [6, 6.07) is 6.95. The third-order valence-electron chi connectivity index (χ3n) is 5.49. The van der Waals surface area contributed by atoms with Gasteiger partial charge in [-0.3, -0.25) is 9.88 Å². The highest BCUT2D eigenvalue weighted by molar-refractivity contribution is 5.29. The Morgan fingerprint density at radius 2 is 1.81 bits per heavy atom. The van der Waals surface area contributed by atoms with E-state index in [0.29, 0.717) is 12.1 Å². The van der Waals surface area contributed by atoms with Crippen molar-refractivity contribution in [1.82, 2.24) is 25.2 Å². The molecule has 2 aromatic heterocycles. The molecule has 0 bridgehead atoms. The van der Waals surface area contributed by atoms with Gasteiger partial charge in [0, 0.05) is 69.6 Å². The van der Waals surface area contributed by atoms with Gasteiger partial charge in [0.05, 0.1) is 13.2 Å². The summed E-state index contributed by atoms with van der Waals surface area (Å²) in [5.74, 6) is 0.845. The van der Waals surface area contributed by atoms with Crippen molar-refractivity contribution in [3.05, 3.63) is 48.5 Å². The molecule has 4 heterocycles. The predicted octanol–water partition coefficient (Wildman–Crippen LogP) is 1.50. The van der Waals surface area contributed by atoms with Gasteiger partial charge in [-0.15, -0.1) is 0 Å². The Morgan fingerprint density at radius 1 is 1.04 bits per heavy atom. The number of hydrogen-bond donors (Lipinski definition) is 1. The number of pyridine rings is 1. The molecule has 0 aromatic carbocycles. The van der Waals surface area contributed by atoms with Crippen LogP contribution in [-0.4, -0.2) is 71.8 Å². The van der Waals surface area contributed by atoms with E-state index in [2.05, 4.69) is 36.1 Å². The van der Waals surface area contributed by atoms with Crippen LogP contribution >= 0.6 is 0 Å². The molecule has 144 valence electrons. The second-order valence-electron chi connectivity index (χ2n) is 7.17. The lowest BCUT2D eigenvalue weighted by Gasteiger charge is -2.37. The zero-order chi connectivity index (χ0) is 18.3. The molecule has 7 nitrogen and oxygen atoms in total. The van der Waals surface area contributed by atoms with Gasteiger partial charge in [-0.1, -0.05) is 6.07 Å². The molecule has 0 amide bonds. The van der Waals surface area contributed by atoms with Gasteiger partial charge >= 0.3 is 0 Å². The van der Waals surface area contributed by atoms with Gasteiger partial charge in [-0.25, -0.2) is 9.97 Å². The van der Waals surface area contributed by atoms with Crippen molar-refractivity contribution < 1.29 is 4.74 Å². The number of rotatable bonds is 6. The summed E-state index contributed by atoms with van der Waals surface area (Å²) in [5.41, 5.74) is 1.28. The zero-order valence-corrected chi connectivity index (χ0v) is 15.7. The molecule has 1 atom stereocenters. The molecule has 2 saturated heterocycles. The van der Waals surface area contributed by atoms with E-state index in [9.17, 15) is 0 Å². The Bertz CT molecular complexity index is 671. The van der Waals surface area contributed by atoms with Gasteiger partial charge in [0.15, 0.2) is 0 Å². The van der Waals surface area contributed by atoms with E-state index in [1.165, 1.54) is 5.56 Å². The smallest absolute Gasteiger partial charge is 0.225 e. The molecule has 0 saturated carbocycles. The van der Waals surface area contributed by atoms with Crippen LogP contribution in [0, 0.1) is 0 Å². The summed E-state index contributed by atoms with van der Waals surface area (Å²) in [5, 5.41) is 3.81. The maximum atomic E-state index is 5.54. The molecule has 27 heavy (non-hydrogen) atoms. The van der Waals surface area contributed by atoms with Crippen molar-refractivity contribution in [2.24, 2.45) is 0 Å². The van der Waals surface area contributed by atoms with E-state index in [4.69, 9.17) is 4.74 Å². The Morgan fingerprint density at radius 3 is 2.52 bits per heavy atom. The second-order valence-corrected chi connectivity index (χ2v) is 7.17. The Kier molecular flexibility index (Phi) is 6.24. The first-order chi connectivity index (χ1) is 13.4. The summed E-state index contributed by atoms with van der Waals surface area (Å²) >= 11 is 0. The Hall–Kier alpha value is -2.09. The third-order valence-corrected chi connectivity index (χ3v) is 5.49. The topological polar surface area (TPSA) is 66.4 Å². The maximum Gasteiger partial charge on any atom is 0.225 e. The monoisotopic (exact) mass is 368 g/mol. The fourth-order valence-electron chi connectivity index (χ4n) is 3.94. The van der Waals surface area contributed by atoms with Crippen molar-refractivity contribution in [3.8, 4) is 0 Å². The van der Waals surface area contributed by atoms with Crippen LogP contribution in [0.2, 0.25) is 0 Å². The Balaban J connectivity index is 1.33. The molecule has 0 radical (unpaired) electrons. The lowest BCUT2D eigenvalue weighted by atomic mass is 10.0. The molecular weight excluding hydrogens is 340 g/mol. The molecule has 0 spiro atoms. The summed E-state index contributed by atoms with van der Waals surface area (Å²) in [6.45, 7) is 6.51. The molecule has 4 rings (SSSR count). The molecule has 2 aromatic rings. The highest BCUT2D eigenvalue weighted by Gasteiger charge is 2.25. The van der Waals surface area contributed by atoms with Crippen molar-refractivity contribution in [3.63, 3.8) is 0 Å². The van der Waals surface area contributed by atoms with Crippen LogP contribution in [0.5, 0.6) is 0 Å². The Labute approximate surface area is 160 Å². The van der Waals surface area contributed by atoms with Crippen LogP contribution in [0.3, 0.4) is 0 Å². The number of aromatic nitrogens is 3. The fraction of sp³-hybridized carbons (Fsp3) is 0.550. The van der Waals surface area contributed by atoms with Crippen LogP contribution in [0.4, 0.5) is 5.95 Å². The van der Waals surface area contributed by atoms with Crippen molar-refractivity contribution >= 4 is 5.95 Å². The van der Waals surface area contributed by atoms with E-state index in [1.54, 1.807) is 0 Å². The average molecular weight is 368 g/mol. The fourth-order valence-corrected chi connectivity index (χ4v) is 3.94. The minimum atomic E-state index is 0.345. The first-order valence-electron chi connectivity index (χ1n) is 9.87. The van der Waals surface area contributed by atoms with Crippen molar-refractivity contribution in [2.75, 3.05) is 50.8 Å². The largest absolute Gasteiger partial charge is 0.379 e. The zero-order valence-electron chi connectivity index (χ0n) is 15.7. The van der Waals surface area contributed by atoms with Gasteiger partial charge in [-0.2, -0.15) is 0 Å². The molecular formula is C20H28N6O. The minimum absolute atomic E-state index is 0.345. The van der Waals surface area contributed by atoms with E-state index in [0.717, 1.165) is 64.7 Å².